The molecule has 0 unspecified atom stereocenters. The number of benzene rings is 3. The smallest absolute Gasteiger partial charge is 0.261 e. The number of anilines is 1. The largest absolute Gasteiger partial charge is 0.337 e. The highest BCUT2D eigenvalue weighted by Gasteiger charge is 2.19. The van der Waals surface area contributed by atoms with Gasteiger partial charge in [-0.05, 0) is 48.9 Å². The molecular formula is C26H24N4O3. The van der Waals surface area contributed by atoms with Crippen LogP contribution in [0.1, 0.15) is 28.9 Å². The van der Waals surface area contributed by atoms with Gasteiger partial charge in [-0.3, -0.25) is 19.0 Å². The van der Waals surface area contributed by atoms with Gasteiger partial charge < -0.3 is 10.2 Å². The Bertz CT molecular complexity index is 1360. The molecule has 1 heterocycles. The average molecular weight is 441 g/mol. The van der Waals surface area contributed by atoms with E-state index in [1.54, 1.807) is 48.3 Å². The summed E-state index contributed by atoms with van der Waals surface area (Å²) in [7, 11) is 1.70. The van der Waals surface area contributed by atoms with Crippen LogP contribution in [-0.4, -0.2) is 33.3 Å². The Labute approximate surface area is 191 Å². The lowest BCUT2D eigenvalue weighted by Crippen LogP contribution is -2.35. The molecule has 4 aromatic rings. The molecular weight excluding hydrogens is 416 g/mol. The molecule has 3 aromatic carbocycles. The highest BCUT2D eigenvalue weighted by atomic mass is 16.2. The number of hydrogen-bond acceptors (Lipinski definition) is 4. The number of amides is 2. The molecule has 1 N–H and O–H groups in total. The quantitative estimate of drug-likeness (QED) is 0.493. The minimum absolute atomic E-state index is 0.109. The van der Waals surface area contributed by atoms with E-state index in [0.717, 1.165) is 5.56 Å². The number of nitrogens with zero attached hydrogens (tertiary/aromatic N) is 3. The van der Waals surface area contributed by atoms with E-state index in [9.17, 15) is 14.4 Å². The van der Waals surface area contributed by atoms with Gasteiger partial charge in [0.15, 0.2) is 0 Å². The Morgan fingerprint density at radius 2 is 1.73 bits per heavy atom. The summed E-state index contributed by atoms with van der Waals surface area (Å²) >= 11 is 0. The van der Waals surface area contributed by atoms with Gasteiger partial charge in [0.1, 0.15) is 6.54 Å². The molecule has 0 aliphatic heterocycles. The number of hydrogen-bond donors (Lipinski definition) is 1. The fourth-order valence-electron chi connectivity index (χ4n) is 3.58. The van der Waals surface area contributed by atoms with E-state index in [0.29, 0.717) is 22.2 Å². The van der Waals surface area contributed by atoms with E-state index in [1.807, 2.05) is 49.4 Å². The van der Waals surface area contributed by atoms with Crippen molar-refractivity contribution >= 4 is 28.4 Å². The predicted molar refractivity (Wildman–Crippen MR) is 128 cm³/mol. The summed E-state index contributed by atoms with van der Waals surface area (Å²) in [6, 6.07) is 23.1. The van der Waals surface area contributed by atoms with Crippen LogP contribution in [0.15, 0.2) is 90.0 Å². The maximum Gasteiger partial charge on any atom is 0.261 e. The number of carbonyl (C=O) groups is 2. The molecule has 0 bridgehead atoms. The van der Waals surface area contributed by atoms with E-state index in [4.69, 9.17) is 0 Å². The van der Waals surface area contributed by atoms with Crippen LogP contribution < -0.4 is 10.9 Å². The second-order valence-corrected chi connectivity index (χ2v) is 7.82. The number of rotatable bonds is 6. The van der Waals surface area contributed by atoms with Crippen LogP contribution in [0.2, 0.25) is 0 Å². The Morgan fingerprint density at radius 3 is 2.52 bits per heavy atom. The second-order valence-electron chi connectivity index (χ2n) is 7.82. The lowest BCUT2D eigenvalue weighted by atomic mass is 10.1. The number of nitrogens with one attached hydrogen (secondary N) is 1. The van der Waals surface area contributed by atoms with Gasteiger partial charge in [-0.1, -0.05) is 42.5 Å². The van der Waals surface area contributed by atoms with Crippen molar-refractivity contribution in [2.45, 2.75) is 19.5 Å². The van der Waals surface area contributed by atoms with Crippen molar-refractivity contribution < 1.29 is 9.59 Å². The first kappa shape index (κ1) is 22.0. The maximum atomic E-state index is 12.9. The van der Waals surface area contributed by atoms with Crippen LogP contribution in [0.4, 0.5) is 5.69 Å². The third-order valence-corrected chi connectivity index (χ3v) is 5.67. The van der Waals surface area contributed by atoms with Crippen molar-refractivity contribution in [3.05, 3.63) is 107 Å². The molecule has 0 spiro atoms. The van der Waals surface area contributed by atoms with Gasteiger partial charge >= 0.3 is 0 Å². The standard InChI is InChI=1S/C26H24N4O3/c1-18(20-11-8-12-21(15-20)28-25(32)19-9-4-3-5-10-19)29(2)24(31)16-30-17-27-23-14-7-6-13-22(23)26(30)33/h3-15,17-18H,16H2,1-2H3,(H,28,32)/t18-/m1/s1. The van der Waals surface area contributed by atoms with E-state index in [2.05, 4.69) is 10.3 Å². The summed E-state index contributed by atoms with van der Waals surface area (Å²) in [6.07, 6.45) is 1.40. The zero-order valence-electron chi connectivity index (χ0n) is 18.4. The highest BCUT2D eigenvalue weighted by Crippen LogP contribution is 2.22. The minimum Gasteiger partial charge on any atom is -0.337 e. The first-order valence-corrected chi connectivity index (χ1v) is 10.6. The van der Waals surface area contributed by atoms with Gasteiger partial charge in [0.05, 0.1) is 23.3 Å². The zero-order valence-corrected chi connectivity index (χ0v) is 18.4. The van der Waals surface area contributed by atoms with E-state index in [-0.39, 0.29) is 30.0 Å². The van der Waals surface area contributed by atoms with Crippen molar-refractivity contribution in [1.82, 2.24) is 14.5 Å². The third-order valence-electron chi connectivity index (χ3n) is 5.67. The maximum absolute atomic E-state index is 12.9. The molecule has 0 aliphatic rings. The summed E-state index contributed by atoms with van der Waals surface area (Å²) in [5.41, 5.74) is 2.42. The van der Waals surface area contributed by atoms with Gasteiger partial charge in [-0.2, -0.15) is 0 Å². The minimum atomic E-state index is -0.268. The van der Waals surface area contributed by atoms with Gasteiger partial charge in [-0.15, -0.1) is 0 Å². The fourth-order valence-corrected chi connectivity index (χ4v) is 3.58. The Balaban J connectivity index is 1.47. The van der Waals surface area contributed by atoms with Crippen LogP contribution in [0.25, 0.3) is 10.9 Å². The van der Waals surface area contributed by atoms with Crippen molar-refractivity contribution in [1.29, 1.82) is 0 Å². The molecule has 7 nitrogen and oxygen atoms in total. The molecule has 0 radical (unpaired) electrons. The highest BCUT2D eigenvalue weighted by molar-refractivity contribution is 6.04. The van der Waals surface area contributed by atoms with E-state index >= 15 is 0 Å². The number of para-hydroxylation sites is 1. The molecule has 1 atom stereocenters. The van der Waals surface area contributed by atoms with Crippen LogP contribution in [0.3, 0.4) is 0 Å². The van der Waals surface area contributed by atoms with Crippen molar-refractivity contribution in [2.24, 2.45) is 0 Å². The summed E-state index contributed by atoms with van der Waals surface area (Å²) in [5.74, 6) is -0.423. The van der Waals surface area contributed by atoms with Gasteiger partial charge in [-0.25, -0.2) is 4.98 Å². The lowest BCUT2D eigenvalue weighted by Gasteiger charge is -2.26. The zero-order chi connectivity index (χ0) is 23.4. The first-order chi connectivity index (χ1) is 15.9. The molecule has 2 amide bonds. The van der Waals surface area contributed by atoms with Crippen LogP contribution in [0, 0.1) is 0 Å². The fraction of sp³-hybridized carbons (Fsp3) is 0.154. The Morgan fingerprint density at radius 1 is 1.00 bits per heavy atom. The SMILES string of the molecule is C[C@H](c1cccc(NC(=O)c2ccccc2)c1)N(C)C(=O)Cn1cnc2ccccc2c1=O. The topological polar surface area (TPSA) is 84.3 Å². The third kappa shape index (κ3) is 4.82. The van der Waals surface area contributed by atoms with Crippen LogP contribution in [0.5, 0.6) is 0 Å². The normalized spacial score (nSPS) is 11.7. The van der Waals surface area contributed by atoms with Gasteiger partial charge in [0, 0.05) is 18.3 Å². The molecule has 0 saturated heterocycles. The van der Waals surface area contributed by atoms with Crippen molar-refractivity contribution in [3.63, 3.8) is 0 Å². The molecule has 1 aromatic heterocycles. The summed E-state index contributed by atoms with van der Waals surface area (Å²) in [6.45, 7) is 1.79. The number of likely N-dealkylation sites (N-methyl/N-ethyl adjacent to an activating group) is 1. The van der Waals surface area contributed by atoms with Gasteiger partial charge in [0.2, 0.25) is 5.91 Å². The summed E-state index contributed by atoms with van der Waals surface area (Å²) in [4.78, 5) is 43.9. The average Bonchev–Trinajstić information content (AvgIpc) is 2.85. The molecule has 0 aliphatic carbocycles. The number of fused-ring (bicyclic) bond motifs is 1. The Hall–Kier alpha value is -4.26. The van der Waals surface area contributed by atoms with E-state index in [1.165, 1.54) is 10.9 Å². The molecule has 166 valence electrons. The summed E-state index contributed by atoms with van der Waals surface area (Å²) in [5, 5.41) is 3.37. The Kier molecular flexibility index (Phi) is 6.31. The van der Waals surface area contributed by atoms with E-state index < -0.39 is 0 Å². The number of carbonyl (C=O) groups excluding carboxylic acids is 2. The van der Waals surface area contributed by atoms with Crippen molar-refractivity contribution in [3.8, 4) is 0 Å². The number of aromatic nitrogens is 2. The molecule has 0 fully saturated rings. The lowest BCUT2D eigenvalue weighted by molar-refractivity contribution is -0.132. The van der Waals surface area contributed by atoms with Crippen LogP contribution in [-0.2, 0) is 11.3 Å². The first-order valence-electron chi connectivity index (χ1n) is 10.6. The monoisotopic (exact) mass is 440 g/mol. The molecule has 33 heavy (non-hydrogen) atoms. The van der Waals surface area contributed by atoms with Crippen molar-refractivity contribution in [2.75, 3.05) is 12.4 Å². The predicted octanol–water partition coefficient (Wildman–Crippen LogP) is 3.87. The van der Waals surface area contributed by atoms with Gasteiger partial charge in [0.25, 0.3) is 11.5 Å². The summed E-state index contributed by atoms with van der Waals surface area (Å²) < 4.78 is 1.32. The molecule has 4 rings (SSSR count). The molecule has 7 heteroatoms. The second kappa shape index (κ2) is 9.48. The molecule has 0 saturated carbocycles. The van der Waals surface area contributed by atoms with Crippen LogP contribution >= 0.6 is 0 Å².